The van der Waals surface area contributed by atoms with Gasteiger partial charge in [0.1, 0.15) is 0 Å². The van der Waals surface area contributed by atoms with Crippen LogP contribution in [-0.2, 0) is 9.47 Å². The molecule has 2 amide bonds. The Labute approximate surface area is 193 Å². The predicted molar refractivity (Wildman–Crippen MR) is 129 cm³/mol. The van der Waals surface area contributed by atoms with Gasteiger partial charge in [0.25, 0.3) is 5.56 Å². The summed E-state index contributed by atoms with van der Waals surface area (Å²) in [6.07, 6.45) is 1.71. The topological polar surface area (TPSA) is 83.7 Å². The molecule has 0 saturated carbocycles. The van der Waals surface area contributed by atoms with E-state index in [0.717, 1.165) is 22.2 Å². The summed E-state index contributed by atoms with van der Waals surface area (Å²) in [5, 5.41) is 4.45. The van der Waals surface area contributed by atoms with Crippen molar-refractivity contribution in [2.24, 2.45) is 5.92 Å². The Balaban J connectivity index is 1.64. The van der Waals surface area contributed by atoms with E-state index >= 15 is 0 Å². The first-order valence-electron chi connectivity index (χ1n) is 11.3. The highest BCUT2D eigenvalue weighted by Gasteiger charge is 2.32. The molecule has 2 aromatic carbocycles. The highest BCUT2D eigenvalue weighted by molar-refractivity contribution is 5.91. The van der Waals surface area contributed by atoms with Gasteiger partial charge in [-0.2, -0.15) is 0 Å². The maximum Gasteiger partial charge on any atom is 0.322 e. The SMILES string of the molecule is Cc1ccc(NC(=O)N(CC2COC(C)(C)OC2)C(C)c2c[nH]c(=O)c3ccccc23)cc1. The molecule has 2 heterocycles. The molecule has 0 aliphatic carbocycles. The number of nitrogens with one attached hydrogen (secondary N) is 2. The summed E-state index contributed by atoms with van der Waals surface area (Å²) in [6.45, 7) is 9.21. The van der Waals surface area contributed by atoms with Gasteiger partial charge in [-0.3, -0.25) is 4.79 Å². The number of amides is 2. The molecule has 7 nitrogen and oxygen atoms in total. The van der Waals surface area contributed by atoms with Crippen LogP contribution in [0.25, 0.3) is 10.8 Å². The van der Waals surface area contributed by atoms with Gasteiger partial charge < -0.3 is 24.7 Å². The molecule has 4 rings (SSSR count). The summed E-state index contributed by atoms with van der Waals surface area (Å²) >= 11 is 0. The van der Waals surface area contributed by atoms with Gasteiger partial charge in [-0.15, -0.1) is 0 Å². The molecular weight excluding hydrogens is 418 g/mol. The zero-order valence-electron chi connectivity index (χ0n) is 19.6. The second-order valence-electron chi connectivity index (χ2n) is 9.13. The third kappa shape index (κ3) is 5.26. The number of pyridine rings is 1. The number of carbonyl (C=O) groups is 1. The second kappa shape index (κ2) is 9.37. The summed E-state index contributed by atoms with van der Waals surface area (Å²) < 4.78 is 11.7. The average Bonchev–Trinajstić information content (AvgIpc) is 2.80. The van der Waals surface area contributed by atoms with Crippen LogP contribution >= 0.6 is 0 Å². The zero-order chi connectivity index (χ0) is 23.6. The van der Waals surface area contributed by atoms with Gasteiger partial charge in [-0.25, -0.2) is 4.79 Å². The third-order valence-corrected chi connectivity index (χ3v) is 6.11. The van der Waals surface area contributed by atoms with E-state index in [2.05, 4.69) is 10.3 Å². The fraction of sp³-hybridized carbons (Fsp3) is 0.385. The minimum atomic E-state index is -0.619. The second-order valence-corrected chi connectivity index (χ2v) is 9.13. The molecule has 0 bridgehead atoms. The fourth-order valence-corrected chi connectivity index (χ4v) is 4.10. The van der Waals surface area contributed by atoms with Crippen LogP contribution in [0, 0.1) is 12.8 Å². The normalized spacial score (nSPS) is 17.0. The molecule has 0 spiro atoms. The molecule has 1 aliphatic rings. The minimum Gasteiger partial charge on any atom is -0.350 e. The average molecular weight is 450 g/mol. The van der Waals surface area contributed by atoms with Gasteiger partial charge >= 0.3 is 6.03 Å². The number of aromatic nitrogens is 1. The molecule has 1 aromatic heterocycles. The number of nitrogens with zero attached hydrogens (tertiary/aromatic N) is 1. The highest BCUT2D eigenvalue weighted by Crippen LogP contribution is 2.29. The molecule has 1 unspecified atom stereocenters. The predicted octanol–water partition coefficient (Wildman–Crippen LogP) is 4.83. The first kappa shape index (κ1) is 23.0. The van der Waals surface area contributed by atoms with Crippen molar-refractivity contribution in [1.29, 1.82) is 0 Å². The lowest BCUT2D eigenvalue weighted by atomic mass is 10.00. The Morgan fingerprint density at radius 2 is 1.76 bits per heavy atom. The van der Waals surface area contributed by atoms with Crippen LogP contribution in [0.2, 0.25) is 0 Å². The number of hydrogen-bond acceptors (Lipinski definition) is 4. The van der Waals surface area contributed by atoms with Crippen molar-refractivity contribution >= 4 is 22.5 Å². The van der Waals surface area contributed by atoms with E-state index in [0.29, 0.717) is 25.1 Å². The van der Waals surface area contributed by atoms with E-state index in [-0.39, 0.29) is 23.6 Å². The number of fused-ring (bicyclic) bond motifs is 1. The van der Waals surface area contributed by atoms with Crippen molar-refractivity contribution in [3.05, 3.63) is 76.2 Å². The third-order valence-electron chi connectivity index (χ3n) is 6.11. The quantitative estimate of drug-likeness (QED) is 0.584. The van der Waals surface area contributed by atoms with E-state index in [1.807, 2.05) is 70.2 Å². The highest BCUT2D eigenvalue weighted by atomic mass is 16.7. The summed E-state index contributed by atoms with van der Waals surface area (Å²) in [4.78, 5) is 30.4. The van der Waals surface area contributed by atoms with Gasteiger partial charge in [0.05, 0.1) is 19.3 Å². The van der Waals surface area contributed by atoms with Crippen molar-refractivity contribution < 1.29 is 14.3 Å². The van der Waals surface area contributed by atoms with E-state index in [1.54, 1.807) is 17.2 Å². The molecular formula is C26H31N3O4. The molecule has 33 heavy (non-hydrogen) atoms. The van der Waals surface area contributed by atoms with Crippen LogP contribution in [-0.4, -0.2) is 41.5 Å². The molecule has 3 aromatic rings. The van der Waals surface area contributed by atoms with Crippen LogP contribution in [0.5, 0.6) is 0 Å². The largest absolute Gasteiger partial charge is 0.350 e. The fourth-order valence-electron chi connectivity index (χ4n) is 4.10. The molecule has 2 N–H and O–H groups in total. The smallest absolute Gasteiger partial charge is 0.322 e. The summed E-state index contributed by atoms with van der Waals surface area (Å²) in [6, 6.07) is 14.6. The van der Waals surface area contributed by atoms with Crippen molar-refractivity contribution in [1.82, 2.24) is 9.88 Å². The Hall–Kier alpha value is -3.16. The number of aromatic amines is 1. The number of H-pyrrole nitrogens is 1. The lowest BCUT2D eigenvalue weighted by molar-refractivity contribution is -0.263. The molecule has 1 aliphatic heterocycles. The number of carbonyl (C=O) groups excluding carboxylic acids is 1. The number of benzene rings is 2. The molecule has 7 heteroatoms. The van der Waals surface area contributed by atoms with Gasteiger partial charge in [0.15, 0.2) is 5.79 Å². The van der Waals surface area contributed by atoms with E-state index in [4.69, 9.17) is 9.47 Å². The van der Waals surface area contributed by atoms with Crippen molar-refractivity contribution in [3.63, 3.8) is 0 Å². The number of rotatable bonds is 5. The van der Waals surface area contributed by atoms with Crippen LogP contribution in [0.15, 0.2) is 59.5 Å². The Morgan fingerprint density at radius 3 is 2.42 bits per heavy atom. The molecule has 1 saturated heterocycles. The van der Waals surface area contributed by atoms with Crippen LogP contribution in [0.3, 0.4) is 0 Å². The number of anilines is 1. The molecule has 174 valence electrons. The molecule has 1 atom stereocenters. The van der Waals surface area contributed by atoms with Gasteiger partial charge in [-0.05, 0) is 56.8 Å². The first-order chi connectivity index (χ1) is 15.7. The van der Waals surface area contributed by atoms with Gasteiger partial charge in [0.2, 0.25) is 0 Å². The number of ether oxygens (including phenoxy) is 2. The van der Waals surface area contributed by atoms with Crippen LogP contribution in [0.1, 0.15) is 37.9 Å². The van der Waals surface area contributed by atoms with E-state index in [9.17, 15) is 9.59 Å². The number of hydrogen-bond donors (Lipinski definition) is 2. The van der Waals surface area contributed by atoms with Crippen molar-refractivity contribution in [3.8, 4) is 0 Å². The molecule has 1 fully saturated rings. The van der Waals surface area contributed by atoms with E-state index < -0.39 is 5.79 Å². The summed E-state index contributed by atoms with van der Waals surface area (Å²) in [5.41, 5.74) is 2.58. The zero-order valence-corrected chi connectivity index (χ0v) is 19.6. The maximum atomic E-state index is 13.5. The van der Waals surface area contributed by atoms with Crippen LogP contribution in [0.4, 0.5) is 10.5 Å². The van der Waals surface area contributed by atoms with Gasteiger partial charge in [0, 0.05) is 29.7 Å². The Bertz CT molecular complexity index is 1180. The number of aryl methyl sites for hydroxylation is 1. The van der Waals surface area contributed by atoms with E-state index in [1.165, 1.54) is 0 Å². The number of urea groups is 1. The minimum absolute atomic E-state index is 0.0262. The standard InChI is InChI=1S/C26H31N3O4/c1-17-9-11-20(12-10-17)28-25(31)29(14-19-15-32-26(3,4)33-16-19)18(2)23-13-27-24(30)22-8-6-5-7-21(22)23/h5-13,18-19H,14-16H2,1-4H3,(H,27,30)(H,28,31). The Morgan fingerprint density at radius 1 is 1.12 bits per heavy atom. The maximum absolute atomic E-state index is 13.5. The van der Waals surface area contributed by atoms with Gasteiger partial charge in [-0.1, -0.05) is 35.9 Å². The lowest BCUT2D eigenvalue weighted by Crippen LogP contribution is -2.47. The monoisotopic (exact) mass is 449 g/mol. The Kier molecular flexibility index (Phi) is 6.54. The van der Waals surface area contributed by atoms with Crippen LogP contribution < -0.4 is 10.9 Å². The van der Waals surface area contributed by atoms with Crippen molar-refractivity contribution in [2.45, 2.75) is 39.5 Å². The first-order valence-corrected chi connectivity index (χ1v) is 11.3. The van der Waals surface area contributed by atoms with Crippen molar-refractivity contribution in [2.75, 3.05) is 25.1 Å². The molecule has 0 radical (unpaired) electrons. The lowest BCUT2D eigenvalue weighted by Gasteiger charge is -2.38. The summed E-state index contributed by atoms with van der Waals surface area (Å²) in [5.74, 6) is -0.593. The summed E-state index contributed by atoms with van der Waals surface area (Å²) in [7, 11) is 0.